The molecule has 17 heavy (non-hydrogen) atoms. The number of halogens is 1. The molecule has 3 heteroatoms. The summed E-state index contributed by atoms with van der Waals surface area (Å²) in [5.41, 5.74) is 1.87. The average molecular weight is 249 g/mol. The summed E-state index contributed by atoms with van der Waals surface area (Å²) in [6.45, 7) is 0. The Balaban J connectivity index is 2.10. The molecule has 0 atom stereocenters. The minimum absolute atomic E-state index is 0.0731. The molecule has 0 saturated carbocycles. The van der Waals surface area contributed by atoms with Crippen LogP contribution in [0.2, 0.25) is 5.02 Å². The van der Waals surface area contributed by atoms with Gasteiger partial charge in [0.15, 0.2) is 0 Å². The molecule has 0 amide bonds. The first-order valence-electron chi connectivity index (χ1n) is 5.41. The third kappa shape index (κ3) is 2.92. The summed E-state index contributed by atoms with van der Waals surface area (Å²) in [4.78, 5) is 0. The molecule has 0 unspecified atom stereocenters. The lowest BCUT2D eigenvalue weighted by Gasteiger charge is -2.06. The van der Waals surface area contributed by atoms with Crippen LogP contribution in [0.3, 0.4) is 0 Å². The molecule has 2 N–H and O–H groups in total. The zero-order valence-electron chi connectivity index (χ0n) is 9.23. The smallest absolute Gasteiger partial charge is 0.122 e. The molecule has 0 aromatic heterocycles. The maximum atomic E-state index is 9.65. The van der Waals surface area contributed by atoms with Crippen LogP contribution >= 0.6 is 11.6 Å². The van der Waals surface area contributed by atoms with Crippen LogP contribution in [-0.4, -0.2) is 10.2 Å². The van der Waals surface area contributed by atoms with Gasteiger partial charge in [-0.25, -0.2) is 0 Å². The fourth-order valence-electron chi connectivity index (χ4n) is 1.73. The molecule has 2 aromatic carbocycles. The highest BCUT2D eigenvalue weighted by atomic mass is 35.5. The Morgan fingerprint density at radius 2 is 1.59 bits per heavy atom. The Morgan fingerprint density at radius 1 is 0.882 bits per heavy atom. The molecule has 0 fully saturated rings. The lowest BCUT2D eigenvalue weighted by molar-refractivity contribution is 0.446. The Bertz CT molecular complexity index is 523. The number of hydrogen-bond acceptors (Lipinski definition) is 2. The van der Waals surface area contributed by atoms with Gasteiger partial charge in [-0.2, -0.15) is 0 Å². The topological polar surface area (TPSA) is 40.5 Å². The SMILES string of the molecule is Oc1ccc(CCc2ccccc2Cl)c(O)c1. The van der Waals surface area contributed by atoms with E-state index < -0.39 is 0 Å². The molecule has 0 heterocycles. The first-order chi connectivity index (χ1) is 8.16. The Kier molecular flexibility index (Phi) is 3.55. The minimum atomic E-state index is 0.0731. The highest BCUT2D eigenvalue weighted by Crippen LogP contribution is 2.25. The highest BCUT2D eigenvalue weighted by Gasteiger charge is 2.04. The molecule has 0 spiro atoms. The van der Waals surface area contributed by atoms with E-state index >= 15 is 0 Å². The average Bonchev–Trinajstić information content (AvgIpc) is 2.30. The predicted molar refractivity (Wildman–Crippen MR) is 68.6 cm³/mol. The maximum absolute atomic E-state index is 9.65. The van der Waals surface area contributed by atoms with Gasteiger partial charge in [0.25, 0.3) is 0 Å². The van der Waals surface area contributed by atoms with Gasteiger partial charge >= 0.3 is 0 Å². The Hall–Kier alpha value is -1.67. The summed E-state index contributed by atoms with van der Waals surface area (Å²) in [5, 5.41) is 19.6. The molecule has 0 bridgehead atoms. The van der Waals surface area contributed by atoms with Crippen molar-refractivity contribution < 1.29 is 10.2 Å². The second-order valence-corrected chi connectivity index (χ2v) is 4.31. The van der Waals surface area contributed by atoms with Gasteiger partial charge in [-0.3, -0.25) is 0 Å². The quantitative estimate of drug-likeness (QED) is 0.872. The monoisotopic (exact) mass is 248 g/mol. The standard InChI is InChI=1S/C14H13ClO2/c15-13-4-2-1-3-10(13)5-6-11-7-8-12(16)9-14(11)17/h1-4,7-9,16-17H,5-6H2. The second-order valence-electron chi connectivity index (χ2n) is 3.90. The summed E-state index contributed by atoms with van der Waals surface area (Å²) in [6.07, 6.45) is 1.45. The lowest BCUT2D eigenvalue weighted by atomic mass is 10.0. The minimum Gasteiger partial charge on any atom is -0.508 e. The van der Waals surface area contributed by atoms with Gasteiger partial charge in [0.05, 0.1) is 0 Å². The van der Waals surface area contributed by atoms with E-state index in [-0.39, 0.29) is 11.5 Å². The normalized spacial score (nSPS) is 10.4. The van der Waals surface area contributed by atoms with Crippen molar-refractivity contribution in [3.05, 3.63) is 58.6 Å². The molecule has 0 radical (unpaired) electrons. The van der Waals surface area contributed by atoms with Crippen LogP contribution in [0.1, 0.15) is 11.1 Å². The second kappa shape index (κ2) is 5.11. The predicted octanol–water partition coefficient (Wildman–Crippen LogP) is 3.54. The van der Waals surface area contributed by atoms with Gasteiger partial charge in [-0.15, -0.1) is 0 Å². The van der Waals surface area contributed by atoms with E-state index in [9.17, 15) is 10.2 Å². The van der Waals surface area contributed by atoms with Crippen LogP contribution in [0.5, 0.6) is 11.5 Å². The van der Waals surface area contributed by atoms with E-state index in [1.54, 1.807) is 12.1 Å². The zero-order chi connectivity index (χ0) is 12.3. The third-order valence-corrected chi connectivity index (χ3v) is 3.06. The van der Waals surface area contributed by atoms with Crippen LogP contribution in [0.15, 0.2) is 42.5 Å². The maximum Gasteiger partial charge on any atom is 0.122 e. The van der Waals surface area contributed by atoms with Gasteiger partial charge in [0.2, 0.25) is 0 Å². The molecule has 0 saturated heterocycles. The fraction of sp³-hybridized carbons (Fsp3) is 0.143. The van der Waals surface area contributed by atoms with E-state index in [1.807, 2.05) is 24.3 Å². The van der Waals surface area contributed by atoms with Crippen molar-refractivity contribution in [2.75, 3.05) is 0 Å². The highest BCUT2D eigenvalue weighted by molar-refractivity contribution is 6.31. The van der Waals surface area contributed by atoms with Gasteiger partial charge in [0.1, 0.15) is 11.5 Å². The van der Waals surface area contributed by atoms with E-state index in [4.69, 9.17) is 11.6 Å². The van der Waals surface area contributed by atoms with Crippen LogP contribution in [0, 0.1) is 0 Å². The molecule has 88 valence electrons. The summed E-state index contributed by atoms with van der Waals surface area (Å²) in [6, 6.07) is 12.3. The van der Waals surface area contributed by atoms with Crippen LogP contribution < -0.4 is 0 Å². The molecule has 2 rings (SSSR count). The van der Waals surface area contributed by atoms with Crippen LogP contribution in [0.25, 0.3) is 0 Å². The van der Waals surface area contributed by atoms with Gasteiger partial charge in [-0.05, 0) is 36.1 Å². The summed E-state index contributed by atoms with van der Waals surface area (Å²) in [5.74, 6) is 0.195. The van der Waals surface area contributed by atoms with E-state index in [1.165, 1.54) is 6.07 Å². The van der Waals surface area contributed by atoms with Crippen molar-refractivity contribution in [2.45, 2.75) is 12.8 Å². The lowest BCUT2D eigenvalue weighted by Crippen LogP contribution is -1.92. The Labute approximate surface area is 105 Å². The third-order valence-electron chi connectivity index (χ3n) is 2.69. The number of rotatable bonds is 3. The first kappa shape index (κ1) is 11.8. The van der Waals surface area contributed by atoms with Crippen molar-refractivity contribution in [1.82, 2.24) is 0 Å². The summed E-state index contributed by atoms with van der Waals surface area (Å²) in [7, 11) is 0. The molecule has 0 aliphatic rings. The van der Waals surface area contributed by atoms with Crippen LogP contribution in [0.4, 0.5) is 0 Å². The number of phenols is 2. The van der Waals surface area contributed by atoms with Crippen molar-refractivity contribution >= 4 is 11.6 Å². The number of aryl methyl sites for hydroxylation is 2. The van der Waals surface area contributed by atoms with E-state index in [0.29, 0.717) is 6.42 Å². The van der Waals surface area contributed by atoms with Gasteiger partial charge in [-0.1, -0.05) is 35.9 Å². The molecule has 0 aliphatic heterocycles. The van der Waals surface area contributed by atoms with Crippen molar-refractivity contribution in [3.8, 4) is 11.5 Å². The van der Waals surface area contributed by atoms with Gasteiger partial charge in [0, 0.05) is 11.1 Å². The van der Waals surface area contributed by atoms with Gasteiger partial charge < -0.3 is 10.2 Å². The zero-order valence-corrected chi connectivity index (χ0v) is 9.98. The van der Waals surface area contributed by atoms with E-state index in [0.717, 1.165) is 22.6 Å². The molecular weight excluding hydrogens is 236 g/mol. The molecule has 2 aromatic rings. The number of benzene rings is 2. The first-order valence-corrected chi connectivity index (χ1v) is 5.79. The number of phenolic OH excluding ortho intramolecular Hbond substituents is 2. The molecule has 2 nitrogen and oxygen atoms in total. The number of hydrogen-bond donors (Lipinski definition) is 2. The van der Waals surface area contributed by atoms with Crippen molar-refractivity contribution in [2.24, 2.45) is 0 Å². The number of aromatic hydroxyl groups is 2. The van der Waals surface area contributed by atoms with Crippen LogP contribution in [-0.2, 0) is 12.8 Å². The van der Waals surface area contributed by atoms with Crippen molar-refractivity contribution in [1.29, 1.82) is 0 Å². The fourth-order valence-corrected chi connectivity index (χ4v) is 1.96. The van der Waals surface area contributed by atoms with Crippen molar-refractivity contribution in [3.63, 3.8) is 0 Å². The summed E-state index contributed by atoms with van der Waals surface area (Å²) >= 11 is 6.05. The Morgan fingerprint density at radius 3 is 2.29 bits per heavy atom. The van der Waals surface area contributed by atoms with E-state index in [2.05, 4.69) is 0 Å². The molecular formula is C14H13ClO2. The summed E-state index contributed by atoms with van der Waals surface area (Å²) < 4.78 is 0. The largest absolute Gasteiger partial charge is 0.508 e. The molecule has 0 aliphatic carbocycles.